The van der Waals surface area contributed by atoms with Crippen LogP contribution in [0.3, 0.4) is 0 Å². The third kappa shape index (κ3) is 5.87. The molecule has 0 atom stereocenters. The van der Waals surface area contributed by atoms with Gasteiger partial charge in [0.05, 0.1) is 12.8 Å². The molecular formula is C17H21NO. The van der Waals surface area contributed by atoms with Crippen molar-refractivity contribution in [2.24, 2.45) is 4.99 Å². The van der Waals surface area contributed by atoms with E-state index in [-0.39, 0.29) is 0 Å². The number of rotatable bonds is 5. The Balaban J connectivity index is 2.71. The molecule has 0 bridgehead atoms. The number of nitrogens with zero attached hydrogens (tertiary/aromatic N) is 1. The zero-order valence-corrected chi connectivity index (χ0v) is 11.9. The van der Waals surface area contributed by atoms with Gasteiger partial charge in [-0.15, -0.1) is 0 Å². The van der Waals surface area contributed by atoms with Gasteiger partial charge in [-0.3, -0.25) is 0 Å². The Bertz CT molecular complexity index is 491. The molecule has 1 aromatic carbocycles. The molecule has 1 aromatic rings. The highest BCUT2D eigenvalue weighted by molar-refractivity contribution is 5.94. The molecule has 0 amide bonds. The van der Waals surface area contributed by atoms with Gasteiger partial charge >= 0.3 is 0 Å². The minimum Gasteiger partial charge on any atom is -0.481 e. The average molecular weight is 255 g/mol. The third-order valence-corrected chi connectivity index (χ3v) is 2.43. The fourth-order valence-corrected chi connectivity index (χ4v) is 1.48. The van der Waals surface area contributed by atoms with E-state index in [4.69, 9.17) is 4.74 Å². The highest BCUT2D eigenvalue weighted by Gasteiger charge is 2.01. The standard InChI is InChI=1S/C17H21NO/c1-14(2)10-8-9-11-15(3)18-17(19-4)16-12-6-5-7-13-16/h5-7,9-13H,3,8H2,1-2,4H3. The van der Waals surface area contributed by atoms with Crippen LogP contribution in [0, 0.1) is 0 Å². The number of hydrogen-bond acceptors (Lipinski definition) is 2. The predicted octanol–water partition coefficient (Wildman–Crippen LogP) is 4.51. The van der Waals surface area contributed by atoms with Gasteiger partial charge in [-0.1, -0.05) is 42.5 Å². The van der Waals surface area contributed by atoms with E-state index in [1.165, 1.54) is 5.57 Å². The molecule has 0 fully saturated rings. The molecule has 0 saturated heterocycles. The first-order valence-electron chi connectivity index (χ1n) is 6.30. The van der Waals surface area contributed by atoms with Crippen LogP contribution in [0.2, 0.25) is 0 Å². The van der Waals surface area contributed by atoms with Gasteiger partial charge in [0.25, 0.3) is 0 Å². The summed E-state index contributed by atoms with van der Waals surface area (Å²) < 4.78 is 5.29. The van der Waals surface area contributed by atoms with Crippen LogP contribution in [0.4, 0.5) is 0 Å². The van der Waals surface area contributed by atoms with Crippen molar-refractivity contribution < 1.29 is 4.74 Å². The van der Waals surface area contributed by atoms with E-state index in [9.17, 15) is 0 Å². The summed E-state index contributed by atoms with van der Waals surface area (Å²) in [5.41, 5.74) is 2.94. The SMILES string of the molecule is C=C(C=CCC=C(C)C)N=C(OC)c1ccccc1. The molecule has 2 heteroatoms. The monoisotopic (exact) mass is 255 g/mol. The van der Waals surface area contributed by atoms with Crippen LogP contribution < -0.4 is 0 Å². The largest absolute Gasteiger partial charge is 0.481 e. The van der Waals surface area contributed by atoms with Crippen LogP contribution in [0.5, 0.6) is 0 Å². The summed E-state index contributed by atoms with van der Waals surface area (Å²) in [6.07, 6.45) is 6.99. The molecule has 0 N–H and O–H groups in total. The van der Waals surface area contributed by atoms with Crippen molar-refractivity contribution in [3.63, 3.8) is 0 Å². The molecule has 100 valence electrons. The molecule has 19 heavy (non-hydrogen) atoms. The maximum Gasteiger partial charge on any atom is 0.220 e. The first kappa shape index (κ1) is 15.0. The van der Waals surface area contributed by atoms with Crippen LogP contribution in [0.15, 0.2) is 71.4 Å². The van der Waals surface area contributed by atoms with E-state index in [0.717, 1.165) is 12.0 Å². The van der Waals surface area contributed by atoms with Crippen LogP contribution in [-0.4, -0.2) is 13.0 Å². The Hall–Kier alpha value is -2.09. The Morgan fingerprint density at radius 1 is 1.26 bits per heavy atom. The third-order valence-electron chi connectivity index (χ3n) is 2.43. The van der Waals surface area contributed by atoms with E-state index in [1.54, 1.807) is 7.11 Å². The lowest BCUT2D eigenvalue weighted by atomic mass is 10.2. The number of benzene rings is 1. The minimum atomic E-state index is 0.581. The van der Waals surface area contributed by atoms with Crippen molar-refractivity contribution in [1.82, 2.24) is 0 Å². The zero-order valence-electron chi connectivity index (χ0n) is 11.9. The fourth-order valence-electron chi connectivity index (χ4n) is 1.48. The highest BCUT2D eigenvalue weighted by atomic mass is 16.5. The topological polar surface area (TPSA) is 21.6 Å². The van der Waals surface area contributed by atoms with Gasteiger partial charge in [0.1, 0.15) is 0 Å². The smallest absolute Gasteiger partial charge is 0.220 e. The molecule has 0 aliphatic heterocycles. The molecule has 0 saturated carbocycles. The summed E-state index contributed by atoms with van der Waals surface area (Å²) in [6, 6.07) is 9.80. The molecule has 0 aliphatic carbocycles. The van der Waals surface area contributed by atoms with Crippen molar-refractivity contribution in [2.45, 2.75) is 20.3 Å². The molecule has 1 rings (SSSR count). The number of ether oxygens (including phenoxy) is 1. The minimum absolute atomic E-state index is 0.581. The number of allylic oxidation sites excluding steroid dienone is 4. The van der Waals surface area contributed by atoms with Gasteiger partial charge in [0.2, 0.25) is 5.90 Å². The van der Waals surface area contributed by atoms with Crippen LogP contribution in [-0.2, 0) is 4.74 Å². The van der Waals surface area contributed by atoms with E-state index in [2.05, 4.69) is 31.5 Å². The number of aliphatic imine (C=N–C) groups is 1. The van der Waals surface area contributed by atoms with E-state index < -0.39 is 0 Å². The average Bonchev–Trinajstić information content (AvgIpc) is 2.41. The molecule has 0 radical (unpaired) electrons. The Morgan fingerprint density at radius 2 is 1.95 bits per heavy atom. The molecule has 0 aliphatic rings. The summed E-state index contributed by atoms with van der Waals surface area (Å²) in [5, 5.41) is 0. The lowest BCUT2D eigenvalue weighted by molar-refractivity contribution is 0.404. The van der Waals surface area contributed by atoms with Crippen molar-refractivity contribution in [2.75, 3.05) is 7.11 Å². The first-order valence-corrected chi connectivity index (χ1v) is 6.30. The highest BCUT2D eigenvalue weighted by Crippen LogP contribution is 2.06. The first-order chi connectivity index (χ1) is 9.13. The summed E-state index contributed by atoms with van der Waals surface area (Å²) in [7, 11) is 1.62. The second kappa shape index (κ2) is 8.09. The maximum absolute atomic E-state index is 5.29. The van der Waals surface area contributed by atoms with Crippen molar-refractivity contribution >= 4 is 5.90 Å². The quantitative estimate of drug-likeness (QED) is 0.328. The second-order valence-electron chi connectivity index (χ2n) is 4.40. The molecule has 2 nitrogen and oxygen atoms in total. The fraction of sp³-hybridized carbons (Fsp3) is 0.235. The van der Waals surface area contributed by atoms with Crippen molar-refractivity contribution in [3.8, 4) is 0 Å². The Labute approximate surface area is 115 Å². The second-order valence-corrected chi connectivity index (χ2v) is 4.40. The van der Waals surface area contributed by atoms with Crippen LogP contribution >= 0.6 is 0 Å². The molecular weight excluding hydrogens is 234 g/mol. The summed E-state index contributed by atoms with van der Waals surface area (Å²) in [4.78, 5) is 4.37. The lowest BCUT2D eigenvalue weighted by Gasteiger charge is -2.04. The molecule has 0 heterocycles. The van der Waals surface area contributed by atoms with Crippen LogP contribution in [0.1, 0.15) is 25.8 Å². The zero-order chi connectivity index (χ0) is 14.1. The van der Waals surface area contributed by atoms with Crippen molar-refractivity contribution in [3.05, 3.63) is 72.0 Å². The van der Waals surface area contributed by atoms with Gasteiger partial charge in [0, 0.05) is 5.56 Å². The Kier molecular flexibility index (Phi) is 6.37. The number of methoxy groups -OCH3 is 1. The van der Waals surface area contributed by atoms with Crippen molar-refractivity contribution in [1.29, 1.82) is 0 Å². The summed E-state index contributed by atoms with van der Waals surface area (Å²) in [6.45, 7) is 8.07. The summed E-state index contributed by atoms with van der Waals surface area (Å²) >= 11 is 0. The van der Waals surface area contributed by atoms with Gasteiger partial charge in [-0.25, -0.2) is 4.99 Å². The molecule has 0 unspecified atom stereocenters. The normalized spacial score (nSPS) is 11.4. The van der Waals surface area contributed by atoms with Gasteiger partial charge < -0.3 is 4.74 Å². The van der Waals surface area contributed by atoms with E-state index in [0.29, 0.717) is 11.6 Å². The maximum atomic E-state index is 5.29. The van der Waals surface area contributed by atoms with E-state index >= 15 is 0 Å². The molecule has 0 spiro atoms. The number of hydrogen-bond donors (Lipinski definition) is 0. The summed E-state index contributed by atoms with van der Waals surface area (Å²) in [5.74, 6) is 0.581. The van der Waals surface area contributed by atoms with Gasteiger partial charge in [-0.2, -0.15) is 0 Å². The van der Waals surface area contributed by atoms with Crippen LogP contribution in [0.25, 0.3) is 0 Å². The molecule has 0 aromatic heterocycles. The predicted molar refractivity (Wildman–Crippen MR) is 82.3 cm³/mol. The Morgan fingerprint density at radius 3 is 2.53 bits per heavy atom. The lowest BCUT2D eigenvalue weighted by Crippen LogP contribution is -2.03. The van der Waals surface area contributed by atoms with Gasteiger partial charge in [0.15, 0.2) is 0 Å². The van der Waals surface area contributed by atoms with E-state index in [1.807, 2.05) is 42.5 Å². The van der Waals surface area contributed by atoms with Gasteiger partial charge in [-0.05, 0) is 38.5 Å².